The number of nitrogens with zero attached hydrogens (tertiary/aromatic N) is 3. The van der Waals surface area contributed by atoms with Crippen LogP contribution in [0.3, 0.4) is 0 Å². The lowest BCUT2D eigenvalue weighted by molar-refractivity contribution is 0.308. The van der Waals surface area contributed by atoms with Crippen molar-refractivity contribution in [2.24, 2.45) is 7.05 Å². The van der Waals surface area contributed by atoms with Gasteiger partial charge in [0, 0.05) is 25.5 Å². The van der Waals surface area contributed by atoms with Gasteiger partial charge < -0.3 is 9.88 Å². The molecule has 0 saturated heterocycles. The minimum atomic E-state index is 0.833. The summed E-state index contributed by atoms with van der Waals surface area (Å²) >= 11 is 0. The molecule has 0 aliphatic heterocycles. The van der Waals surface area contributed by atoms with Crippen molar-refractivity contribution in [3.8, 4) is 0 Å². The number of hydrogen-bond acceptors (Lipinski definition) is 3. The zero-order valence-electron chi connectivity index (χ0n) is 10.3. The molecule has 2 rings (SSSR count). The monoisotopic (exact) mass is 222 g/mol. The number of rotatable bonds is 7. The minimum Gasteiger partial charge on any atom is -0.337 e. The summed E-state index contributed by atoms with van der Waals surface area (Å²) in [5.41, 5.74) is 0. The zero-order valence-corrected chi connectivity index (χ0v) is 10.3. The average Bonchev–Trinajstić information content (AvgIpc) is 3.00. The summed E-state index contributed by atoms with van der Waals surface area (Å²) in [6.07, 6.45) is 7.83. The molecule has 0 spiro atoms. The molecule has 0 aromatic carbocycles. The van der Waals surface area contributed by atoms with E-state index in [1.54, 1.807) is 0 Å². The van der Waals surface area contributed by atoms with Gasteiger partial charge in [-0.2, -0.15) is 0 Å². The van der Waals surface area contributed by atoms with E-state index in [2.05, 4.69) is 26.8 Å². The maximum Gasteiger partial charge on any atom is 0.122 e. The van der Waals surface area contributed by atoms with Crippen molar-refractivity contribution in [2.45, 2.75) is 31.8 Å². The first-order valence-corrected chi connectivity index (χ1v) is 6.14. The largest absolute Gasteiger partial charge is 0.337 e. The van der Waals surface area contributed by atoms with Crippen LogP contribution in [0.25, 0.3) is 0 Å². The molecule has 1 aromatic rings. The van der Waals surface area contributed by atoms with E-state index < -0.39 is 0 Å². The van der Waals surface area contributed by atoms with Gasteiger partial charge in [-0.3, -0.25) is 4.90 Å². The Kier molecular flexibility index (Phi) is 3.96. The maximum atomic E-state index is 4.33. The lowest BCUT2D eigenvalue weighted by atomic mass is 10.3. The van der Waals surface area contributed by atoms with Crippen molar-refractivity contribution in [3.05, 3.63) is 18.2 Å². The number of aromatic nitrogens is 2. The summed E-state index contributed by atoms with van der Waals surface area (Å²) in [7, 11) is 4.20. The predicted octanol–water partition coefficient (Wildman–Crippen LogP) is 0.994. The Morgan fingerprint density at radius 2 is 2.38 bits per heavy atom. The van der Waals surface area contributed by atoms with Crippen molar-refractivity contribution in [3.63, 3.8) is 0 Å². The van der Waals surface area contributed by atoms with Crippen LogP contribution in [-0.2, 0) is 13.6 Å². The maximum absolute atomic E-state index is 4.33. The first-order chi connectivity index (χ1) is 7.75. The fourth-order valence-corrected chi connectivity index (χ4v) is 1.81. The number of nitrogens with one attached hydrogen (secondary N) is 1. The molecule has 4 heteroatoms. The summed E-state index contributed by atoms with van der Waals surface area (Å²) in [4.78, 5) is 6.66. The molecule has 0 atom stereocenters. The smallest absolute Gasteiger partial charge is 0.122 e. The standard InChI is InChI=1S/C12H22N4/c1-15(8-3-6-13-11-4-5-11)10-12-14-7-9-16(12)2/h7,9,11,13H,3-6,8,10H2,1-2H3. The van der Waals surface area contributed by atoms with Crippen molar-refractivity contribution in [1.82, 2.24) is 19.8 Å². The van der Waals surface area contributed by atoms with Gasteiger partial charge >= 0.3 is 0 Å². The second-order valence-electron chi connectivity index (χ2n) is 4.77. The Labute approximate surface area is 97.7 Å². The van der Waals surface area contributed by atoms with E-state index in [9.17, 15) is 0 Å². The van der Waals surface area contributed by atoms with Crippen LogP contribution < -0.4 is 5.32 Å². The Morgan fingerprint density at radius 1 is 1.56 bits per heavy atom. The van der Waals surface area contributed by atoms with Gasteiger partial charge in [0.25, 0.3) is 0 Å². The Hall–Kier alpha value is -0.870. The molecule has 90 valence electrons. The molecule has 1 fully saturated rings. The third kappa shape index (κ3) is 3.61. The fourth-order valence-electron chi connectivity index (χ4n) is 1.81. The number of aryl methyl sites for hydroxylation is 1. The molecular weight excluding hydrogens is 200 g/mol. The molecule has 0 radical (unpaired) electrons. The quantitative estimate of drug-likeness (QED) is 0.699. The second-order valence-corrected chi connectivity index (χ2v) is 4.77. The Morgan fingerprint density at radius 3 is 3.00 bits per heavy atom. The first-order valence-electron chi connectivity index (χ1n) is 6.14. The van der Waals surface area contributed by atoms with E-state index in [1.807, 2.05) is 19.4 Å². The summed E-state index contributed by atoms with van der Waals surface area (Å²) in [6, 6.07) is 0.833. The number of imidazole rings is 1. The van der Waals surface area contributed by atoms with Gasteiger partial charge in [-0.05, 0) is 39.4 Å². The topological polar surface area (TPSA) is 33.1 Å². The highest BCUT2D eigenvalue weighted by Crippen LogP contribution is 2.18. The van der Waals surface area contributed by atoms with E-state index in [-0.39, 0.29) is 0 Å². The molecule has 0 amide bonds. The molecule has 1 saturated carbocycles. The van der Waals surface area contributed by atoms with Crippen LogP contribution in [0.5, 0.6) is 0 Å². The van der Waals surface area contributed by atoms with E-state index in [0.29, 0.717) is 0 Å². The van der Waals surface area contributed by atoms with E-state index in [1.165, 1.54) is 19.3 Å². The van der Waals surface area contributed by atoms with Crippen LogP contribution in [0.15, 0.2) is 12.4 Å². The van der Waals surface area contributed by atoms with Gasteiger partial charge in [0.15, 0.2) is 0 Å². The van der Waals surface area contributed by atoms with Crippen molar-refractivity contribution in [2.75, 3.05) is 20.1 Å². The normalized spacial score (nSPS) is 15.9. The summed E-state index contributed by atoms with van der Waals surface area (Å²) in [5.74, 6) is 1.14. The van der Waals surface area contributed by atoms with E-state index in [0.717, 1.165) is 31.5 Å². The van der Waals surface area contributed by atoms with Crippen LogP contribution in [0.4, 0.5) is 0 Å². The summed E-state index contributed by atoms with van der Waals surface area (Å²) < 4.78 is 2.08. The molecule has 1 aliphatic rings. The molecule has 0 unspecified atom stereocenters. The van der Waals surface area contributed by atoms with Crippen LogP contribution in [0.2, 0.25) is 0 Å². The van der Waals surface area contributed by atoms with E-state index in [4.69, 9.17) is 0 Å². The Balaban J connectivity index is 1.60. The highest BCUT2D eigenvalue weighted by atomic mass is 15.1. The molecule has 1 aromatic heterocycles. The lowest BCUT2D eigenvalue weighted by Gasteiger charge is -2.16. The van der Waals surface area contributed by atoms with Gasteiger partial charge in [-0.15, -0.1) is 0 Å². The molecule has 1 aliphatic carbocycles. The highest BCUT2D eigenvalue weighted by molar-refractivity contribution is 4.90. The molecular formula is C12H22N4. The third-order valence-corrected chi connectivity index (χ3v) is 3.06. The first kappa shape index (κ1) is 11.6. The van der Waals surface area contributed by atoms with Gasteiger partial charge in [0.2, 0.25) is 0 Å². The highest BCUT2D eigenvalue weighted by Gasteiger charge is 2.19. The fraction of sp³-hybridized carbons (Fsp3) is 0.750. The third-order valence-electron chi connectivity index (χ3n) is 3.06. The van der Waals surface area contributed by atoms with Crippen LogP contribution in [0.1, 0.15) is 25.1 Å². The zero-order chi connectivity index (χ0) is 11.4. The Bertz CT molecular complexity index is 317. The van der Waals surface area contributed by atoms with Gasteiger partial charge in [-0.25, -0.2) is 4.98 Å². The SMILES string of the molecule is CN(CCCNC1CC1)Cc1nccn1C. The van der Waals surface area contributed by atoms with Gasteiger partial charge in [0.05, 0.1) is 6.54 Å². The average molecular weight is 222 g/mol. The van der Waals surface area contributed by atoms with Crippen LogP contribution in [-0.4, -0.2) is 40.6 Å². The molecule has 1 N–H and O–H groups in total. The summed E-state index contributed by atoms with van der Waals surface area (Å²) in [5, 5.41) is 3.53. The molecule has 0 bridgehead atoms. The number of hydrogen-bond donors (Lipinski definition) is 1. The summed E-state index contributed by atoms with van der Waals surface area (Å²) in [6.45, 7) is 3.22. The van der Waals surface area contributed by atoms with Gasteiger partial charge in [0.1, 0.15) is 5.82 Å². The van der Waals surface area contributed by atoms with E-state index >= 15 is 0 Å². The van der Waals surface area contributed by atoms with Gasteiger partial charge in [-0.1, -0.05) is 0 Å². The molecule has 4 nitrogen and oxygen atoms in total. The van der Waals surface area contributed by atoms with Crippen molar-refractivity contribution < 1.29 is 0 Å². The van der Waals surface area contributed by atoms with Crippen molar-refractivity contribution in [1.29, 1.82) is 0 Å². The lowest BCUT2D eigenvalue weighted by Crippen LogP contribution is -2.25. The molecule has 1 heterocycles. The minimum absolute atomic E-state index is 0.833. The van der Waals surface area contributed by atoms with Crippen LogP contribution >= 0.6 is 0 Å². The van der Waals surface area contributed by atoms with Crippen molar-refractivity contribution >= 4 is 0 Å². The second kappa shape index (κ2) is 5.46. The predicted molar refractivity (Wildman–Crippen MR) is 65.2 cm³/mol. The van der Waals surface area contributed by atoms with Crippen LogP contribution in [0, 0.1) is 0 Å². The molecule has 16 heavy (non-hydrogen) atoms.